The lowest BCUT2D eigenvalue weighted by Gasteiger charge is -2.35. The summed E-state index contributed by atoms with van der Waals surface area (Å²) in [6, 6.07) is 17.0. The summed E-state index contributed by atoms with van der Waals surface area (Å²) in [6.45, 7) is 2.89. The number of ether oxygens (including phenoxy) is 2. The van der Waals surface area contributed by atoms with Crippen LogP contribution in [0, 0.1) is 0 Å². The van der Waals surface area contributed by atoms with Gasteiger partial charge in [0.05, 0.1) is 19.9 Å². The SMILES string of the molecule is COc1ccc(/C=N/NC(=O)CN2CCCC[C@@H]2c2cccnc2)cc1COc1ccc(NC(C)=O)cc1. The van der Waals surface area contributed by atoms with Gasteiger partial charge in [-0.2, -0.15) is 5.10 Å². The lowest BCUT2D eigenvalue weighted by Crippen LogP contribution is -2.40. The van der Waals surface area contributed by atoms with Crippen LogP contribution < -0.4 is 20.2 Å². The molecule has 1 aliphatic rings. The summed E-state index contributed by atoms with van der Waals surface area (Å²) in [5.74, 6) is 1.07. The first-order valence-electron chi connectivity index (χ1n) is 12.6. The Kier molecular flexibility index (Phi) is 9.42. The third kappa shape index (κ3) is 7.63. The van der Waals surface area contributed by atoms with Crippen LogP contribution in [0.5, 0.6) is 11.5 Å². The fourth-order valence-electron chi connectivity index (χ4n) is 4.52. The number of methoxy groups -OCH3 is 1. The number of nitrogens with one attached hydrogen (secondary N) is 2. The highest BCUT2D eigenvalue weighted by Crippen LogP contribution is 2.30. The summed E-state index contributed by atoms with van der Waals surface area (Å²) in [7, 11) is 1.61. The highest BCUT2D eigenvalue weighted by atomic mass is 16.5. The van der Waals surface area contributed by atoms with Gasteiger partial charge in [0.2, 0.25) is 5.91 Å². The smallest absolute Gasteiger partial charge is 0.254 e. The molecule has 2 aromatic carbocycles. The molecule has 198 valence electrons. The second-order valence-electron chi connectivity index (χ2n) is 9.13. The van der Waals surface area contributed by atoms with Crippen LogP contribution in [0.1, 0.15) is 48.9 Å². The molecular weight excluding hydrogens is 482 g/mol. The molecule has 0 aliphatic carbocycles. The van der Waals surface area contributed by atoms with Crippen molar-refractivity contribution in [2.24, 2.45) is 5.10 Å². The Morgan fingerprint density at radius 3 is 2.74 bits per heavy atom. The van der Waals surface area contributed by atoms with Crippen molar-refractivity contribution in [3.63, 3.8) is 0 Å². The zero-order valence-electron chi connectivity index (χ0n) is 21.7. The van der Waals surface area contributed by atoms with Crippen molar-refractivity contribution in [2.75, 3.05) is 25.5 Å². The molecule has 0 saturated carbocycles. The zero-order chi connectivity index (χ0) is 26.7. The first kappa shape index (κ1) is 26.8. The van der Waals surface area contributed by atoms with Gasteiger partial charge in [-0.15, -0.1) is 0 Å². The number of carbonyl (C=O) groups is 2. The van der Waals surface area contributed by atoms with E-state index in [1.165, 1.54) is 6.92 Å². The van der Waals surface area contributed by atoms with E-state index in [0.29, 0.717) is 17.2 Å². The topological polar surface area (TPSA) is 105 Å². The van der Waals surface area contributed by atoms with Gasteiger partial charge in [-0.05, 0) is 79.0 Å². The molecule has 1 atom stereocenters. The summed E-state index contributed by atoms with van der Waals surface area (Å²) >= 11 is 0. The van der Waals surface area contributed by atoms with E-state index in [1.54, 1.807) is 43.8 Å². The molecule has 1 fully saturated rings. The number of hydrogen-bond acceptors (Lipinski definition) is 7. The fraction of sp³-hybridized carbons (Fsp3) is 0.310. The minimum absolute atomic E-state index is 0.126. The number of carbonyl (C=O) groups excluding carboxylic acids is 2. The molecule has 4 rings (SSSR count). The van der Waals surface area contributed by atoms with Crippen LogP contribution in [0.2, 0.25) is 0 Å². The number of piperidine rings is 1. The van der Waals surface area contributed by atoms with Crippen LogP contribution in [0.15, 0.2) is 72.1 Å². The Labute approximate surface area is 222 Å². The molecule has 0 spiro atoms. The molecule has 0 unspecified atom stereocenters. The highest BCUT2D eigenvalue weighted by molar-refractivity contribution is 5.88. The van der Waals surface area contributed by atoms with Crippen molar-refractivity contribution in [1.29, 1.82) is 0 Å². The van der Waals surface area contributed by atoms with Gasteiger partial charge < -0.3 is 14.8 Å². The van der Waals surface area contributed by atoms with Crippen LogP contribution >= 0.6 is 0 Å². The summed E-state index contributed by atoms with van der Waals surface area (Å²) < 4.78 is 11.4. The summed E-state index contributed by atoms with van der Waals surface area (Å²) in [6.07, 6.45) is 8.48. The molecule has 1 aliphatic heterocycles. The molecule has 0 bridgehead atoms. The van der Waals surface area contributed by atoms with Gasteiger partial charge in [0.25, 0.3) is 5.91 Å². The number of amides is 2. The van der Waals surface area contributed by atoms with Crippen molar-refractivity contribution >= 4 is 23.7 Å². The van der Waals surface area contributed by atoms with E-state index < -0.39 is 0 Å². The largest absolute Gasteiger partial charge is 0.496 e. The molecule has 2 amide bonds. The standard InChI is InChI=1S/C29H33N5O4/c1-21(35)32-25-9-11-26(12-10-25)38-20-24-16-22(8-13-28(24)37-2)17-31-33-29(36)19-34-15-4-3-7-27(34)23-6-5-14-30-18-23/h5-6,8-14,16-18,27H,3-4,7,15,19-20H2,1-2H3,(H,32,35)(H,33,36)/b31-17+/t27-/m1/s1. The first-order chi connectivity index (χ1) is 18.5. The first-order valence-corrected chi connectivity index (χ1v) is 12.6. The van der Waals surface area contributed by atoms with Gasteiger partial charge in [-0.25, -0.2) is 5.43 Å². The maximum atomic E-state index is 12.6. The van der Waals surface area contributed by atoms with E-state index in [9.17, 15) is 9.59 Å². The van der Waals surface area contributed by atoms with E-state index in [0.717, 1.165) is 42.5 Å². The van der Waals surface area contributed by atoms with E-state index in [4.69, 9.17) is 9.47 Å². The third-order valence-electron chi connectivity index (χ3n) is 6.31. The maximum Gasteiger partial charge on any atom is 0.254 e. The number of anilines is 1. The minimum Gasteiger partial charge on any atom is -0.496 e. The Morgan fingerprint density at radius 1 is 1.16 bits per heavy atom. The second kappa shape index (κ2) is 13.3. The van der Waals surface area contributed by atoms with E-state index >= 15 is 0 Å². The quantitative estimate of drug-likeness (QED) is 0.308. The number of pyridine rings is 1. The van der Waals surface area contributed by atoms with Crippen LogP contribution in [-0.4, -0.2) is 48.1 Å². The summed E-state index contributed by atoms with van der Waals surface area (Å²) in [4.78, 5) is 30.3. The second-order valence-corrected chi connectivity index (χ2v) is 9.13. The summed E-state index contributed by atoms with van der Waals surface area (Å²) in [5.41, 5.74) is 6.14. The number of rotatable bonds is 10. The van der Waals surface area contributed by atoms with E-state index in [2.05, 4.69) is 31.8 Å². The third-order valence-corrected chi connectivity index (χ3v) is 6.31. The number of likely N-dealkylation sites (tertiary alicyclic amines) is 1. The minimum atomic E-state index is -0.156. The monoisotopic (exact) mass is 515 g/mol. The molecule has 2 heterocycles. The molecule has 9 nitrogen and oxygen atoms in total. The normalized spacial score (nSPS) is 15.7. The van der Waals surface area contributed by atoms with Crippen molar-refractivity contribution in [2.45, 2.75) is 38.8 Å². The number of hydrazone groups is 1. The van der Waals surface area contributed by atoms with Gasteiger partial charge >= 0.3 is 0 Å². The predicted octanol–water partition coefficient (Wildman–Crippen LogP) is 4.30. The number of aromatic nitrogens is 1. The number of benzene rings is 2. The Hall–Kier alpha value is -4.24. The van der Waals surface area contributed by atoms with Gasteiger partial charge in [0.1, 0.15) is 18.1 Å². The Morgan fingerprint density at radius 2 is 2.00 bits per heavy atom. The van der Waals surface area contributed by atoms with Gasteiger partial charge in [-0.3, -0.25) is 19.5 Å². The van der Waals surface area contributed by atoms with Crippen molar-refractivity contribution < 1.29 is 19.1 Å². The number of nitrogens with zero attached hydrogens (tertiary/aromatic N) is 3. The lowest BCUT2D eigenvalue weighted by molar-refractivity contribution is -0.123. The van der Waals surface area contributed by atoms with Crippen molar-refractivity contribution in [3.8, 4) is 11.5 Å². The maximum absolute atomic E-state index is 12.6. The Balaban J connectivity index is 1.33. The molecule has 3 aromatic rings. The van der Waals surface area contributed by atoms with Gasteiger partial charge in [0.15, 0.2) is 0 Å². The average Bonchev–Trinajstić information content (AvgIpc) is 2.93. The molecule has 1 saturated heterocycles. The molecule has 2 N–H and O–H groups in total. The van der Waals surface area contributed by atoms with Gasteiger partial charge in [-0.1, -0.05) is 12.5 Å². The van der Waals surface area contributed by atoms with Crippen molar-refractivity contribution in [1.82, 2.24) is 15.3 Å². The lowest BCUT2D eigenvalue weighted by atomic mass is 9.96. The average molecular weight is 516 g/mol. The highest BCUT2D eigenvalue weighted by Gasteiger charge is 2.25. The predicted molar refractivity (Wildman–Crippen MR) is 146 cm³/mol. The molecule has 0 radical (unpaired) electrons. The molecule has 1 aromatic heterocycles. The van der Waals surface area contributed by atoms with Crippen LogP contribution in [-0.2, 0) is 16.2 Å². The van der Waals surface area contributed by atoms with Gasteiger partial charge in [0, 0.05) is 36.6 Å². The van der Waals surface area contributed by atoms with E-state index in [1.807, 2.05) is 30.5 Å². The summed E-state index contributed by atoms with van der Waals surface area (Å²) in [5, 5.41) is 6.90. The molecular formula is C29H33N5O4. The number of hydrogen-bond donors (Lipinski definition) is 2. The molecule has 38 heavy (non-hydrogen) atoms. The molecule has 9 heteroatoms. The fourth-order valence-corrected chi connectivity index (χ4v) is 4.52. The van der Waals surface area contributed by atoms with E-state index in [-0.39, 0.29) is 31.0 Å². The zero-order valence-corrected chi connectivity index (χ0v) is 21.7. The van der Waals surface area contributed by atoms with Crippen LogP contribution in [0.25, 0.3) is 0 Å². The van der Waals surface area contributed by atoms with Crippen LogP contribution in [0.3, 0.4) is 0 Å². The van der Waals surface area contributed by atoms with Crippen LogP contribution in [0.4, 0.5) is 5.69 Å². The van der Waals surface area contributed by atoms with Crippen molar-refractivity contribution in [3.05, 3.63) is 83.7 Å². The Bertz CT molecular complexity index is 1250.